The first-order valence-electron chi connectivity index (χ1n) is 13.1. The van der Waals surface area contributed by atoms with Crippen LogP contribution >= 0.6 is 0 Å². The number of aliphatic hydroxyl groups is 1. The van der Waals surface area contributed by atoms with Crippen LogP contribution in [-0.4, -0.2) is 72.8 Å². The summed E-state index contributed by atoms with van der Waals surface area (Å²) in [6.07, 6.45) is 4.97. The van der Waals surface area contributed by atoms with Crippen molar-refractivity contribution >= 4 is 23.5 Å². The van der Waals surface area contributed by atoms with Gasteiger partial charge in [0.25, 0.3) is 0 Å². The van der Waals surface area contributed by atoms with Gasteiger partial charge in [-0.1, -0.05) is 6.92 Å². The molecule has 3 aliphatic heterocycles. The lowest BCUT2D eigenvalue weighted by molar-refractivity contribution is -0.0366. The summed E-state index contributed by atoms with van der Waals surface area (Å²) >= 11 is 0. The Morgan fingerprint density at radius 2 is 1.72 bits per heavy atom. The SMILES string of the molecule is C1COCCO1.CC(CCO)c1c(F)cc2c(cnn2C2CCCCO2)c1B1OC(C)(C)C(C)(C)O1. The molecular weight excluding hydrogens is 466 g/mol. The van der Waals surface area contributed by atoms with Gasteiger partial charge in [-0.05, 0) is 70.3 Å². The van der Waals surface area contributed by atoms with Crippen LogP contribution in [0.2, 0.25) is 0 Å². The Balaban J connectivity index is 0.000000445. The van der Waals surface area contributed by atoms with Crippen molar-refractivity contribution in [2.75, 3.05) is 39.6 Å². The van der Waals surface area contributed by atoms with E-state index in [1.807, 2.05) is 34.6 Å². The Kier molecular flexibility index (Phi) is 8.74. The van der Waals surface area contributed by atoms with Gasteiger partial charge in [-0.15, -0.1) is 0 Å². The van der Waals surface area contributed by atoms with E-state index >= 15 is 4.39 Å². The molecule has 4 heterocycles. The van der Waals surface area contributed by atoms with E-state index in [9.17, 15) is 5.11 Å². The second kappa shape index (κ2) is 11.5. The minimum atomic E-state index is -0.714. The van der Waals surface area contributed by atoms with E-state index in [-0.39, 0.29) is 24.6 Å². The quantitative estimate of drug-likeness (QED) is 0.620. The Morgan fingerprint density at radius 1 is 1.08 bits per heavy atom. The molecule has 1 aromatic heterocycles. The average molecular weight is 506 g/mol. The second-order valence-corrected chi connectivity index (χ2v) is 10.8. The van der Waals surface area contributed by atoms with E-state index in [2.05, 4.69) is 5.10 Å². The third kappa shape index (κ3) is 5.64. The van der Waals surface area contributed by atoms with E-state index in [0.717, 1.165) is 51.1 Å². The van der Waals surface area contributed by atoms with E-state index in [0.29, 0.717) is 29.6 Å². The molecule has 0 spiro atoms. The maximum Gasteiger partial charge on any atom is 0.495 e. The summed E-state index contributed by atoms with van der Waals surface area (Å²) in [5.41, 5.74) is 0.793. The van der Waals surface area contributed by atoms with Crippen molar-refractivity contribution in [1.29, 1.82) is 0 Å². The molecule has 2 aromatic rings. The monoisotopic (exact) mass is 506 g/mol. The number of hydrogen-bond acceptors (Lipinski definition) is 7. The second-order valence-electron chi connectivity index (χ2n) is 10.8. The van der Waals surface area contributed by atoms with E-state index in [4.69, 9.17) is 23.5 Å². The normalized spacial score (nSPS) is 24.4. The first-order valence-corrected chi connectivity index (χ1v) is 13.1. The Hall–Kier alpha value is -1.56. The summed E-state index contributed by atoms with van der Waals surface area (Å²) < 4.78 is 45.8. The van der Waals surface area contributed by atoms with Crippen LogP contribution < -0.4 is 5.46 Å². The number of aromatic nitrogens is 2. The number of fused-ring (bicyclic) bond motifs is 1. The van der Waals surface area contributed by atoms with Gasteiger partial charge in [0.15, 0.2) is 6.23 Å². The third-order valence-electron chi connectivity index (χ3n) is 7.65. The molecule has 3 fully saturated rings. The van der Waals surface area contributed by atoms with E-state index in [1.54, 1.807) is 10.9 Å². The molecule has 2 unspecified atom stereocenters. The number of nitrogens with zero attached hydrogens (tertiary/aromatic N) is 2. The molecule has 3 saturated heterocycles. The zero-order valence-electron chi connectivity index (χ0n) is 22.2. The van der Waals surface area contributed by atoms with Crippen LogP contribution in [-0.2, 0) is 23.5 Å². The molecule has 1 aromatic carbocycles. The van der Waals surface area contributed by atoms with Crippen LogP contribution in [0.3, 0.4) is 0 Å². The molecule has 5 rings (SSSR count). The fourth-order valence-corrected chi connectivity index (χ4v) is 4.83. The molecule has 2 atom stereocenters. The minimum absolute atomic E-state index is 0.0172. The van der Waals surface area contributed by atoms with Gasteiger partial charge in [0, 0.05) is 24.7 Å². The minimum Gasteiger partial charge on any atom is -0.399 e. The number of benzene rings is 1. The standard InChI is InChI=1S/C22H32BFN2O4.C4H8O2/c1-14(9-10-27)19-16(24)12-17-15(13-25-26(17)18-8-6-7-11-28-18)20(19)23-29-21(2,3)22(4,5)30-23;1-2-6-4-3-5-1/h12-14,18,27H,6-11H2,1-5H3;1-4H2. The van der Waals surface area contributed by atoms with Gasteiger partial charge in [-0.3, -0.25) is 0 Å². The maximum atomic E-state index is 15.5. The zero-order chi connectivity index (χ0) is 25.9. The first kappa shape index (κ1) is 27.5. The molecule has 3 aliphatic rings. The van der Waals surface area contributed by atoms with Gasteiger partial charge < -0.3 is 28.6 Å². The van der Waals surface area contributed by atoms with Crippen LogP contribution in [0.1, 0.15) is 78.0 Å². The van der Waals surface area contributed by atoms with Crippen LogP contribution in [0, 0.1) is 5.82 Å². The largest absolute Gasteiger partial charge is 0.495 e. The van der Waals surface area contributed by atoms with Crippen molar-refractivity contribution < 1.29 is 33.0 Å². The summed E-state index contributed by atoms with van der Waals surface area (Å²) in [6, 6.07) is 1.54. The van der Waals surface area contributed by atoms with Gasteiger partial charge in [0.1, 0.15) is 5.82 Å². The van der Waals surface area contributed by atoms with Crippen molar-refractivity contribution in [3.8, 4) is 0 Å². The fourth-order valence-electron chi connectivity index (χ4n) is 4.83. The third-order valence-corrected chi connectivity index (χ3v) is 7.65. The van der Waals surface area contributed by atoms with Crippen LogP contribution in [0.15, 0.2) is 12.3 Å². The summed E-state index contributed by atoms with van der Waals surface area (Å²) in [7, 11) is -0.714. The molecule has 36 heavy (non-hydrogen) atoms. The number of aliphatic hydroxyl groups excluding tert-OH is 1. The summed E-state index contributed by atoms with van der Waals surface area (Å²) in [5.74, 6) is -0.520. The van der Waals surface area contributed by atoms with Crippen molar-refractivity contribution in [3.05, 3.63) is 23.6 Å². The maximum absolute atomic E-state index is 15.5. The van der Waals surface area contributed by atoms with Gasteiger partial charge in [0.2, 0.25) is 0 Å². The van der Waals surface area contributed by atoms with Gasteiger partial charge in [-0.2, -0.15) is 5.10 Å². The molecule has 0 radical (unpaired) electrons. The highest BCUT2D eigenvalue weighted by Gasteiger charge is 2.53. The average Bonchev–Trinajstić information content (AvgIpc) is 3.37. The highest BCUT2D eigenvalue weighted by Crippen LogP contribution is 2.39. The lowest BCUT2D eigenvalue weighted by Gasteiger charge is -2.32. The number of hydrogen-bond donors (Lipinski definition) is 1. The molecule has 10 heteroatoms. The van der Waals surface area contributed by atoms with Crippen LogP contribution in [0.5, 0.6) is 0 Å². The van der Waals surface area contributed by atoms with Gasteiger partial charge in [0.05, 0.1) is 49.3 Å². The Bertz CT molecular complexity index is 992. The molecule has 8 nitrogen and oxygen atoms in total. The molecule has 0 bridgehead atoms. The van der Waals surface area contributed by atoms with Crippen LogP contribution in [0.4, 0.5) is 4.39 Å². The van der Waals surface area contributed by atoms with Crippen molar-refractivity contribution in [2.45, 2.75) is 83.6 Å². The molecule has 0 aliphatic carbocycles. The van der Waals surface area contributed by atoms with Crippen molar-refractivity contribution in [1.82, 2.24) is 9.78 Å². The Morgan fingerprint density at radius 3 is 2.25 bits per heavy atom. The van der Waals surface area contributed by atoms with E-state index < -0.39 is 18.3 Å². The highest BCUT2D eigenvalue weighted by molar-refractivity contribution is 6.65. The smallest absolute Gasteiger partial charge is 0.399 e. The summed E-state index contributed by atoms with van der Waals surface area (Å²) in [4.78, 5) is 0. The lowest BCUT2D eigenvalue weighted by Crippen LogP contribution is -2.41. The summed E-state index contributed by atoms with van der Waals surface area (Å²) in [5, 5.41) is 14.9. The predicted octanol–water partition coefficient (Wildman–Crippen LogP) is 3.69. The van der Waals surface area contributed by atoms with Crippen LogP contribution in [0.25, 0.3) is 10.9 Å². The van der Waals surface area contributed by atoms with Crippen molar-refractivity contribution in [3.63, 3.8) is 0 Å². The fraction of sp³-hybridized carbons (Fsp3) is 0.731. The number of halogens is 1. The van der Waals surface area contributed by atoms with Gasteiger partial charge in [-0.25, -0.2) is 9.07 Å². The molecule has 0 saturated carbocycles. The molecule has 200 valence electrons. The number of ether oxygens (including phenoxy) is 3. The van der Waals surface area contributed by atoms with E-state index in [1.165, 1.54) is 6.07 Å². The Labute approximate surface area is 213 Å². The predicted molar refractivity (Wildman–Crippen MR) is 136 cm³/mol. The lowest BCUT2D eigenvalue weighted by atomic mass is 9.71. The van der Waals surface area contributed by atoms with Crippen molar-refractivity contribution in [2.24, 2.45) is 0 Å². The topological polar surface area (TPSA) is 84.2 Å². The number of rotatable bonds is 5. The molecule has 1 N–H and O–H groups in total. The summed E-state index contributed by atoms with van der Waals surface area (Å²) in [6.45, 7) is 13.6. The zero-order valence-corrected chi connectivity index (χ0v) is 22.2. The van der Waals surface area contributed by atoms with Gasteiger partial charge >= 0.3 is 7.12 Å². The first-order chi connectivity index (χ1) is 17.2. The molecular formula is C26H40BFN2O6. The molecule has 0 amide bonds. The highest BCUT2D eigenvalue weighted by atomic mass is 19.1.